The Morgan fingerprint density at radius 1 is 0.867 bits per heavy atom. The molecular weight excluding hydrogens is 380 g/mol. The molecule has 3 rings (SSSR count). The molecule has 30 heavy (non-hydrogen) atoms. The average molecular weight is 411 g/mol. The van der Waals surface area contributed by atoms with E-state index < -0.39 is 11.8 Å². The third-order valence-corrected chi connectivity index (χ3v) is 5.23. The summed E-state index contributed by atoms with van der Waals surface area (Å²) in [6.07, 6.45) is 4.48. The van der Waals surface area contributed by atoms with Crippen molar-refractivity contribution < 1.29 is 19.1 Å². The molecule has 1 aliphatic carbocycles. The topological polar surface area (TPSA) is 76.7 Å². The predicted molar refractivity (Wildman–Crippen MR) is 118 cm³/mol. The molecule has 2 N–H and O–H groups in total. The maximum atomic E-state index is 12.4. The number of hydrogen-bond donors (Lipinski definition) is 2. The Morgan fingerprint density at radius 3 is 2.00 bits per heavy atom. The lowest BCUT2D eigenvalue weighted by Gasteiger charge is -2.19. The maximum Gasteiger partial charge on any atom is 0.314 e. The predicted octanol–water partition coefficient (Wildman–Crippen LogP) is 4.89. The molecule has 0 heterocycles. The first-order valence-electron chi connectivity index (χ1n) is 10.3. The van der Waals surface area contributed by atoms with Crippen LogP contribution in [0.3, 0.4) is 0 Å². The van der Waals surface area contributed by atoms with Gasteiger partial charge in [0.05, 0.1) is 13.2 Å². The Kier molecular flexibility index (Phi) is 6.65. The van der Waals surface area contributed by atoms with Gasteiger partial charge in [-0.1, -0.05) is 32.9 Å². The van der Waals surface area contributed by atoms with Gasteiger partial charge in [0.25, 0.3) is 0 Å². The van der Waals surface area contributed by atoms with Crippen LogP contribution in [-0.4, -0.2) is 25.0 Å². The zero-order chi connectivity index (χ0) is 21.7. The second-order valence-electron chi connectivity index (χ2n) is 8.63. The Morgan fingerprint density at radius 2 is 1.43 bits per heavy atom. The van der Waals surface area contributed by atoms with Crippen LogP contribution in [0.1, 0.15) is 52.0 Å². The normalized spacial score (nSPS) is 14.3. The van der Waals surface area contributed by atoms with Gasteiger partial charge in [0.1, 0.15) is 0 Å². The minimum absolute atomic E-state index is 0.0204. The van der Waals surface area contributed by atoms with E-state index in [9.17, 15) is 9.59 Å². The lowest BCUT2D eigenvalue weighted by molar-refractivity contribution is -0.133. The van der Waals surface area contributed by atoms with Crippen molar-refractivity contribution in [1.29, 1.82) is 0 Å². The fourth-order valence-electron chi connectivity index (χ4n) is 3.46. The molecule has 2 amide bonds. The summed E-state index contributed by atoms with van der Waals surface area (Å²) in [6.45, 7) is 6.36. The second-order valence-corrected chi connectivity index (χ2v) is 8.63. The van der Waals surface area contributed by atoms with E-state index in [-0.39, 0.29) is 11.5 Å². The van der Waals surface area contributed by atoms with Gasteiger partial charge in [-0.05, 0) is 60.9 Å². The third-order valence-electron chi connectivity index (χ3n) is 5.23. The Bertz CT molecular complexity index is 894. The van der Waals surface area contributed by atoms with E-state index in [1.807, 2.05) is 12.1 Å². The van der Waals surface area contributed by atoms with Crippen molar-refractivity contribution in [1.82, 2.24) is 0 Å². The first kappa shape index (κ1) is 21.7. The Labute approximate surface area is 178 Å². The second kappa shape index (κ2) is 9.20. The van der Waals surface area contributed by atoms with E-state index in [4.69, 9.17) is 9.47 Å². The summed E-state index contributed by atoms with van der Waals surface area (Å²) < 4.78 is 11.4. The van der Waals surface area contributed by atoms with E-state index in [0.717, 1.165) is 31.2 Å². The summed E-state index contributed by atoms with van der Waals surface area (Å²) in [5.74, 6) is -0.303. The van der Waals surface area contributed by atoms with Gasteiger partial charge in [-0.2, -0.15) is 0 Å². The molecule has 160 valence electrons. The molecule has 6 nitrogen and oxygen atoms in total. The SMILES string of the molecule is COc1ccc(NC(=O)C(=O)Nc2ccc(C(C)(C)C)cc2)cc1OC1CCCC1. The molecule has 0 bridgehead atoms. The highest BCUT2D eigenvalue weighted by molar-refractivity contribution is 6.43. The Hall–Kier alpha value is -3.02. The van der Waals surface area contributed by atoms with Crippen molar-refractivity contribution in [2.45, 2.75) is 58.0 Å². The van der Waals surface area contributed by atoms with Crippen LogP contribution in [0.2, 0.25) is 0 Å². The van der Waals surface area contributed by atoms with Crippen LogP contribution in [-0.2, 0) is 15.0 Å². The third kappa shape index (κ3) is 5.53. The van der Waals surface area contributed by atoms with Crippen molar-refractivity contribution in [2.75, 3.05) is 17.7 Å². The molecule has 0 unspecified atom stereocenters. The molecule has 0 aliphatic heterocycles. The molecule has 6 heteroatoms. The fourth-order valence-corrected chi connectivity index (χ4v) is 3.46. The van der Waals surface area contributed by atoms with Gasteiger partial charge in [-0.3, -0.25) is 9.59 Å². The molecule has 0 atom stereocenters. The standard InChI is InChI=1S/C24H30N2O4/c1-24(2,3)16-9-11-17(12-10-16)25-22(27)23(28)26-18-13-14-20(29-4)21(15-18)30-19-7-5-6-8-19/h9-15,19H,5-8H2,1-4H3,(H,25,27)(H,26,28). The van der Waals surface area contributed by atoms with Gasteiger partial charge in [0.15, 0.2) is 11.5 Å². The number of carbonyl (C=O) groups excluding carboxylic acids is 2. The van der Waals surface area contributed by atoms with Crippen molar-refractivity contribution in [2.24, 2.45) is 0 Å². The summed E-state index contributed by atoms with van der Waals surface area (Å²) in [5, 5.41) is 5.26. The molecule has 1 saturated carbocycles. The van der Waals surface area contributed by atoms with E-state index in [2.05, 4.69) is 31.4 Å². The summed E-state index contributed by atoms with van der Waals surface area (Å²) in [6, 6.07) is 12.6. The van der Waals surface area contributed by atoms with Crippen LogP contribution in [0.25, 0.3) is 0 Å². The molecule has 1 aliphatic rings. The molecule has 2 aromatic carbocycles. The van der Waals surface area contributed by atoms with Crippen LogP contribution >= 0.6 is 0 Å². The van der Waals surface area contributed by atoms with E-state index in [1.165, 1.54) is 0 Å². The van der Waals surface area contributed by atoms with E-state index >= 15 is 0 Å². The Balaban J connectivity index is 1.63. The summed E-state index contributed by atoms with van der Waals surface area (Å²) in [4.78, 5) is 24.7. The minimum Gasteiger partial charge on any atom is -0.493 e. The quantitative estimate of drug-likeness (QED) is 0.688. The number of rotatable bonds is 5. The van der Waals surface area contributed by atoms with Gasteiger partial charge < -0.3 is 20.1 Å². The lowest BCUT2D eigenvalue weighted by atomic mass is 9.87. The lowest BCUT2D eigenvalue weighted by Crippen LogP contribution is -2.29. The highest BCUT2D eigenvalue weighted by Gasteiger charge is 2.20. The number of nitrogens with one attached hydrogen (secondary N) is 2. The number of ether oxygens (including phenoxy) is 2. The van der Waals surface area contributed by atoms with Crippen LogP contribution in [0, 0.1) is 0 Å². The van der Waals surface area contributed by atoms with Crippen molar-refractivity contribution in [3.8, 4) is 11.5 Å². The fraction of sp³-hybridized carbons (Fsp3) is 0.417. The largest absolute Gasteiger partial charge is 0.493 e. The number of hydrogen-bond acceptors (Lipinski definition) is 4. The first-order chi connectivity index (χ1) is 14.3. The van der Waals surface area contributed by atoms with Gasteiger partial charge in [-0.15, -0.1) is 0 Å². The highest BCUT2D eigenvalue weighted by Crippen LogP contribution is 2.34. The van der Waals surface area contributed by atoms with Gasteiger partial charge in [0, 0.05) is 17.4 Å². The van der Waals surface area contributed by atoms with Gasteiger partial charge in [-0.25, -0.2) is 0 Å². The van der Waals surface area contributed by atoms with Crippen molar-refractivity contribution in [3.63, 3.8) is 0 Å². The minimum atomic E-state index is -0.744. The molecule has 0 saturated heterocycles. The van der Waals surface area contributed by atoms with E-state index in [0.29, 0.717) is 22.9 Å². The smallest absolute Gasteiger partial charge is 0.314 e. The van der Waals surface area contributed by atoms with Gasteiger partial charge in [0.2, 0.25) is 0 Å². The van der Waals surface area contributed by atoms with Crippen LogP contribution in [0.4, 0.5) is 11.4 Å². The molecule has 0 spiro atoms. The molecule has 0 radical (unpaired) electrons. The van der Waals surface area contributed by atoms with Gasteiger partial charge >= 0.3 is 11.8 Å². The zero-order valence-electron chi connectivity index (χ0n) is 18.1. The number of benzene rings is 2. The van der Waals surface area contributed by atoms with Crippen LogP contribution in [0.5, 0.6) is 11.5 Å². The highest BCUT2D eigenvalue weighted by atomic mass is 16.5. The first-order valence-corrected chi connectivity index (χ1v) is 10.3. The van der Waals surface area contributed by atoms with Crippen LogP contribution < -0.4 is 20.1 Å². The van der Waals surface area contributed by atoms with Crippen molar-refractivity contribution in [3.05, 3.63) is 48.0 Å². The van der Waals surface area contributed by atoms with E-state index in [1.54, 1.807) is 37.4 Å². The zero-order valence-corrected chi connectivity index (χ0v) is 18.1. The summed E-state index contributed by atoms with van der Waals surface area (Å²) in [5.41, 5.74) is 2.22. The van der Waals surface area contributed by atoms with Crippen molar-refractivity contribution >= 4 is 23.2 Å². The monoisotopic (exact) mass is 410 g/mol. The number of carbonyl (C=O) groups is 2. The molecule has 1 fully saturated rings. The maximum absolute atomic E-state index is 12.4. The summed E-state index contributed by atoms with van der Waals surface area (Å²) in [7, 11) is 1.58. The number of amides is 2. The molecule has 0 aromatic heterocycles. The molecule has 2 aromatic rings. The average Bonchev–Trinajstić information content (AvgIpc) is 3.21. The number of methoxy groups -OCH3 is 1. The molecular formula is C24H30N2O4. The van der Waals surface area contributed by atoms with Crippen LogP contribution in [0.15, 0.2) is 42.5 Å². The summed E-state index contributed by atoms with van der Waals surface area (Å²) >= 11 is 0. The number of anilines is 2.